The van der Waals surface area contributed by atoms with E-state index in [-0.39, 0.29) is 66.7 Å². The number of pyridine rings is 1. The number of hydrogen-bond donors (Lipinski definition) is 0. The molecule has 0 aromatic carbocycles. The van der Waals surface area contributed by atoms with E-state index in [1.165, 1.54) is 12.8 Å². The molecule has 1 aromatic rings. The number of aromatic nitrogens is 1. The Kier molecular flexibility index (Phi) is 40.1. The van der Waals surface area contributed by atoms with Crippen LogP contribution in [-0.4, -0.2) is 0 Å². The summed E-state index contributed by atoms with van der Waals surface area (Å²) in [6.45, 7) is 3.36. The number of aryl methyl sites for hydroxylation is 1. The van der Waals surface area contributed by atoms with Crippen LogP contribution in [0.1, 0.15) is 19.8 Å². The van der Waals surface area contributed by atoms with Crippen LogP contribution in [0.25, 0.3) is 0 Å². The predicted octanol–water partition coefficient (Wildman–Crippen LogP) is -10.2. The summed E-state index contributed by atoms with van der Waals surface area (Å²) < 4.78 is 2.21. The first-order chi connectivity index (χ1) is 4.93. The molecule has 0 saturated heterocycles. The second-order valence-corrected chi connectivity index (χ2v) is 2.47. The van der Waals surface area contributed by atoms with E-state index in [0.717, 1.165) is 6.54 Å². The third-order valence-electron chi connectivity index (χ3n) is 1.55. The average Bonchev–Trinajstić information content (AvgIpc) is 2.03. The molecule has 1 radical (unpaired) electrons. The Morgan fingerprint density at radius 2 is 1.33 bits per heavy atom. The van der Waals surface area contributed by atoms with Gasteiger partial charge in [-0.2, -0.15) is 0 Å². The van der Waals surface area contributed by atoms with Crippen LogP contribution in [0.4, 0.5) is 0 Å². The molecule has 0 bridgehead atoms. The molecule has 0 atom stereocenters. The van der Waals surface area contributed by atoms with Crippen LogP contribution in [-0.2, 0) is 23.6 Å². The standard InChI is InChI=1S/C9H14N.4ClH.Fe/c1-2-3-7-10-8-5-4-6-9-10;;;;;/h4-6,8-9H,2-3,7H2,1H3;4*1H;/q+1;;;;;+3/p-4. The molecule has 0 aliphatic heterocycles. The van der Waals surface area contributed by atoms with Gasteiger partial charge < -0.3 is 49.6 Å². The van der Waals surface area contributed by atoms with E-state index in [4.69, 9.17) is 0 Å². The molecular formula is C9H14Cl4FeN. The van der Waals surface area contributed by atoms with Crippen molar-refractivity contribution in [1.29, 1.82) is 0 Å². The van der Waals surface area contributed by atoms with Crippen molar-refractivity contribution >= 4 is 0 Å². The number of halogens is 4. The topological polar surface area (TPSA) is 3.88 Å². The van der Waals surface area contributed by atoms with Crippen molar-refractivity contribution in [1.82, 2.24) is 0 Å². The van der Waals surface area contributed by atoms with E-state index in [2.05, 4.69) is 36.0 Å². The number of nitrogens with zero attached hydrogens (tertiary/aromatic N) is 1. The van der Waals surface area contributed by atoms with Crippen LogP contribution in [0.5, 0.6) is 0 Å². The maximum atomic E-state index is 2.21. The van der Waals surface area contributed by atoms with Gasteiger partial charge in [-0.1, -0.05) is 19.4 Å². The van der Waals surface area contributed by atoms with Gasteiger partial charge in [-0.05, 0) is 0 Å². The fourth-order valence-corrected chi connectivity index (χ4v) is 0.924. The molecule has 1 rings (SSSR count). The van der Waals surface area contributed by atoms with Crippen LogP contribution in [0.3, 0.4) is 0 Å². The Hall–Kier alpha value is 0.829. The first kappa shape index (κ1) is 29.7. The molecule has 1 aromatic heterocycles. The van der Waals surface area contributed by atoms with Gasteiger partial charge >= 0.3 is 17.1 Å². The molecule has 0 amide bonds. The van der Waals surface area contributed by atoms with E-state index >= 15 is 0 Å². The first-order valence-corrected chi connectivity index (χ1v) is 3.87. The average molecular weight is 334 g/mol. The van der Waals surface area contributed by atoms with Gasteiger partial charge in [-0.25, -0.2) is 4.57 Å². The molecule has 91 valence electrons. The van der Waals surface area contributed by atoms with Gasteiger partial charge in [0.05, 0.1) is 0 Å². The van der Waals surface area contributed by atoms with E-state index in [1.807, 2.05) is 6.07 Å². The molecule has 0 saturated carbocycles. The fraction of sp³-hybridized carbons (Fsp3) is 0.444. The zero-order valence-electron chi connectivity index (χ0n) is 8.32. The van der Waals surface area contributed by atoms with Gasteiger partial charge in [0.2, 0.25) is 0 Å². The second-order valence-electron chi connectivity index (χ2n) is 2.47. The zero-order chi connectivity index (χ0) is 7.23. The smallest absolute Gasteiger partial charge is 1.00 e. The summed E-state index contributed by atoms with van der Waals surface area (Å²) in [4.78, 5) is 0. The maximum Gasteiger partial charge on any atom is 3.00 e. The normalized spacial score (nSPS) is 6.47. The van der Waals surface area contributed by atoms with E-state index < -0.39 is 0 Å². The van der Waals surface area contributed by atoms with Gasteiger partial charge in [-0.15, -0.1) is 0 Å². The summed E-state index contributed by atoms with van der Waals surface area (Å²) in [5.41, 5.74) is 0. The molecule has 0 spiro atoms. The summed E-state index contributed by atoms with van der Waals surface area (Å²) in [5, 5.41) is 0. The maximum absolute atomic E-state index is 2.21. The van der Waals surface area contributed by atoms with Crippen molar-refractivity contribution in [3.8, 4) is 0 Å². The molecule has 0 aliphatic carbocycles. The third kappa shape index (κ3) is 14.8. The van der Waals surface area contributed by atoms with Crippen LogP contribution in [0.2, 0.25) is 0 Å². The Morgan fingerprint density at radius 1 is 0.867 bits per heavy atom. The molecule has 15 heavy (non-hydrogen) atoms. The summed E-state index contributed by atoms with van der Waals surface area (Å²) in [6.07, 6.45) is 6.75. The summed E-state index contributed by atoms with van der Waals surface area (Å²) in [7, 11) is 0. The molecule has 1 heterocycles. The van der Waals surface area contributed by atoms with E-state index in [9.17, 15) is 0 Å². The minimum atomic E-state index is 0. The van der Waals surface area contributed by atoms with Gasteiger partial charge in [0.25, 0.3) is 0 Å². The van der Waals surface area contributed by atoms with Crippen molar-refractivity contribution in [2.24, 2.45) is 0 Å². The largest absolute Gasteiger partial charge is 3.00 e. The molecule has 0 unspecified atom stereocenters. The molecule has 0 aliphatic rings. The van der Waals surface area contributed by atoms with Crippen molar-refractivity contribution in [2.45, 2.75) is 26.3 Å². The van der Waals surface area contributed by atoms with Gasteiger partial charge in [-0.3, -0.25) is 0 Å². The molecule has 1 nitrogen and oxygen atoms in total. The first-order valence-electron chi connectivity index (χ1n) is 3.87. The van der Waals surface area contributed by atoms with Crippen molar-refractivity contribution in [3.63, 3.8) is 0 Å². The molecular weight excluding hydrogens is 320 g/mol. The molecule has 0 N–H and O–H groups in total. The Morgan fingerprint density at radius 3 is 1.73 bits per heavy atom. The molecule has 0 fully saturated rings. The van der Waals surface area contributed by atoms with Gasteiger partial charge in [0.15, 0.2) is 12.4 Å². The number of unbranched alkanes of at least 4 members (excludes halogenated alkanes) is 1. The van der Waals surface area contributed by atoms with Crippen LogP contribution in [0, 0.1) is 0 Å². The number of hydrogen-bond acceptors (Lipinski definition) is 0. The Labute approximate surface area is 128 Å². The van der Waals surface area contributed by atoms with Crippen LogP contribution in [0.15, 0.2) is 30.6 Å². The molecule has 6 heteroatoms. The van der Waals surface area contributed by atoms with Crippen LogP contribution < -0.4 is 54.2 Å². The Bertz CT molecular complexity index is 187. The van der Waals surface area contributed by atoms with E-state index in [1.54, 1.807) is 0 Å². The minimum Gasteiger partial charge on any atom is -1.00 e. The van der Waals surface area contributed by atoms with Crippen LogP contribution >= 0.6 is 0 Å². The monoisotopic (exact) mass is 332 g/mol. The third-order valence-corrected chi connectivity index (χ3v) is 1.55. The van der Waals surface area contributed by atoms with E-state index in [0.29, 0.717) is 0 Å². The van der Waals surface area contributed by atoms with Crippen molar-refractivity contribution in [3.05, 3.63) is 30.6 Å². The summed E-state index contributed by atoms with van der Waals surface area (Å²) in [6, 6.07) is 6.17. The SMILES string of the molecule is CCCC[n+]1ccccc1.[Cl-].[Cl-].[Cl-].[Cl-].[Fe+3]. The Balaban J connectivity index is -0.0000000667. The van der Waals surface area contributed by atoms with Crippen molar-refractivity contribution in [2.75, 3.05) is 0 Å². The van der Waals surface area contributed by atoms with Gasteiger partial charge in [0.1, 0.15) is 6.54 Å². The zero-order valence-corrected chi connectivity index (χ0v) is 12.4. The quantitative estimate of drug-likeness (QED) is 0.382. The second kappa shape index (κ2) is 20.3. The predicted molar refractivity (Wildman–Crippen MR) is 41.5 cm³/mol. The minimum absolute atomic E-state index is 0. The fourth-order valence-electron chi connectivity index (χ4n) is 0.924. The summed E-state index contributed by atoms with van der Waals surface area (Å²) >= 11 is 0. The van der Waals surface area contributed by atoms with Crippen molar-refractivity contribution < 1.29 is 71.3 Å². The summed E-state index contributed by atoms with van der Waals surface area (Å²) in [5.74, 6) is 0. The van der Waals surface area contributed by atoms with Gasteiger partial charge in [0, 0.05) is 18.6 Å². The number of rotatable bonds is 3.